The largest absolute Gasteiger partial charge is 0.497 e. The molecule has 0 amide bonds. The third-order valence-electron chi connectivity index (χ3n) is 7.98. The molecule has 0 spiro atoms. The highest BCUT2D eigenvalue weighted by Crippen LogP contribution is 2.50. The van der Waals surface area contributed by atoms with E-state index in [0.29, 0.717) is 0 Å². The topological polar surface area (TPSA) is 18.5 Å². The Hall–Kier alpha value is -4.04. The van der Waals surface area contributed by atoms with Gasteiger partial charge in [0.2, 0.25) is 0 Å². The zero-order chi connectivity index (χ0) is 24.1. The molecule has 0 N–H and O–H groups in total. The van der Waals surface area contributed by atoms with Crippen LogP contribution in [0.5, 0.6) is 11.5 Å². The molecule has 2 heteroatoms. The van der Waals surface area contributed by atoms with E-state index >= 15 is 0 Å². The average Bonchev–Trinajstić information content (AvgIpc) is 2.97. The fourth-order valence-corrected chi connectivity index (χ4v) is 6.23. The van der Waals surface area contributed by atoms with Crippen molar-refractivity contribution in [2.45, 2.75) is 31.3 Å². The number of aryl methyl sites for hydroxylation is 1. The van der Waals surface area contributed by atoms with Gasteiger partial charge in [0.25, 0.3) is 0 Å². The number of fused-ring (bicyclic) bond motifs is 8. The summed E-state index contributed by atoms with van der Waals surface area (Å²) in [5.41, 5.74) is 5.71. The summed E-state index contributed by atoms with van der Waals surface area (Å²) < 4.78 is 12.7. The number of rotatable bonds is 3. The first kappa shape index (κ1) is 21.3. The van der Waals surface area contributed by atoms with Gasteiger partial charge in [-0.25, -0.2) is 0 Å². The number of benzene rings is 5. The fraction of sp³-hybridized carbons (Fsp3) is 0.176. The van der Waals surface area contributed by atoms with Crippen molar-refractivity contribution < 1.29 is 9.47 Å². The Morgan fingerprint density at radius 1 is 0.694 bits per heavy atom. The highest BCUT2D eigenvalue weighted by Gasteiger charge is 2.39. The molecular formula is C34H28O2. The molecule has 1 aliphatic heterocycles. The predicted molar refractivity (Wildman–Crippen MR) is 148 cm³/mol. The van der Waals surface area contributed by atoms with E-state index in [-0.39, 0.29) is 0 Å². The summed E-state index contributed by atoms with van der Waals surface area (Å²) in [6, 6.07) is 32.1. The third-order valence-corrected chi connectivity index (χ3v) is 7.98. The molecule has 36 heavy (non-hydrogen) atoms. The summed E-state index contributed by atoms with van der Waals surface area (Å²) in [6.45, 7) is 0. The van der Waals surface area contributed by atoms with Crippen LogP contribution in [-0.2, 0) is 18.4 Å². The Morgan fingerprint density at radius 3 is 2.22 bits per heavy atom. The molecule has 0 saturated heterocycles. The van der Waals surface area contributed by atoms with Gasteiger partial charge < -0.3 is 9.47 Å². The SMILES string of the molecule is COc1ccc(C2(c3ccccc3)C=Cc3c4c(c5c(ccc6ccccc65)c3O2)CCCC4)cc1. The number of methoxy groups -OCH3 is 1. The Kier molecular flexibility index (Phi) is 4.89. The third kappa shape index (κ3) is 3.10. The van der Waals surface area contributed by atoms with Crippen LogP contribution in [0, 0.1) is 0 Å². The second-order valence-corrected chi connectivity index (χ2v) is 9.88. The molecule has 0 aromatic heterocycles. The molecule has 2 aliphatic rings. The molecule has 1 aliphatic carbocycles. The van der Waals surface area contributed by atoms with Gasteiger partial charge in [-0.3, -0.25) is 0 Å². The van der Waals surface area contributed by atoms with Crippen LogP contribution < -0.4 is 9.47 Å². The summed E-state index contributed by atoms with van der Waals surface area (Å²) >= 11 is 0. The lowest BCUT2D eigenvalue weighted by Gasteiger charge is -2.38. The molecule has 0 bridgehead atoms. The maximum Gasteiger partial charge on any atom is 0.178 e. The van der Waals surface area contributed by atoms with Gasteiger partial charge in [-0.15, -0.1) is 0 Å². The Bertz CT molecular complexity index is 1630. The highest BCUT2D eigenvalue weighted by atomic mass is 16.5. The standard InChI is InChI=1S/C34H28O2/c1-35-26-18-16-25(17-19-26)34(24-10-3-2-4-11-24)22-21-30-28-13-7-8-14-29(28)32-27-12-6-5-9-23(27)15-20-31(32)33(30)36-34/h2-6,9-12,15-22H,7-8,13-14H2,1H3. The van der Waals surface area contributed by atoms with Crippen LogP contribution in [-0.4, -0.2) is 7.11 Å². The van der Waals surface area contributed by atoms with Gasteiger partial charge in [-0.1, -0.05) is 78.9 Å². The van der Waals surface area contributed by atoms with Gasteiger partial charge in [-0.2, -0.15) is 0 Å². The van der Waals surface area contributed by atoms with Crippen LogP contribution in [0.4, 0.5) is 0 Å². The fourth-order valence-electron chi connectivity index (χ4n) is 6.23. The quantitative estimate of drug-likeness (QED) is 0.248. The predicted octanol–water partition coefficient (Wildman–Crippen LogP) is 8.23. The maximum absolute atomic E-state index is 7.27. The van der Waals surface area contributed by atoms with Gasteiger partial charge in [0.15, 0.2) is 5.60 Å². The zero-order valence-electron chi connectivity index (χ0n) is 20.5. The Morgan fingerprint density at radius 2 is 1.42 bits per heavy atom. The second-order valence-electron chi connectivity index (χ2n) is 9.88. The molecule has 7 rings (SSSR count). The molecule has 0 fully saturated rings. The van der Waals surface area contributed by atoms with Gasteiger partial charge >= 0.3 is 0 Å². The minimum Gasteiger partial charge on any atom is -0.497 e. The molecule has 5 aromatic carbocycles. The van der Waals surface area contributed by atoms with Crippen molar-refractivity contribution >= 4 is 27.6 Å². The average molecular weight is 469 g/mol. The summed E-state index contributed by atoms with van der Waals surface area (Å²) in [6.07, 6.45) is 9.29. The lowest BCUT2D eigenvalue weighted by atomic mass is 9.79. The Balaban J connectivity index is 1.54. The molecule has 1 heterocycles. The Labute approximate surface area is 211 Å². The summed E-state index contributed by atoms with van der Waals surface area (Å²) in [7, 11) is 1.70. The smallest absolute Gasteiger partial charge is 0.178 e. The minimum absolute atomic E-state index is 0.720. The van der Waals surface area contributed by atoms with Crippen molar-refractivity contribution in [3.8, 4) is 11.5 Å². The van der Waals surface area contributed by atoms with E-state index in [2.05, 4.69) is 91.0 Å². The zero-order valence-corrected chi connectivity index (χ0v) is 20.5. The monoisotopic (exact) mass is 468 g/mol. The first-order chi connectivity index (χ1) is 17.8. The molecule has 176 valence electrons. The van der Waals surface area contributed by atoms with Crippen LogP contribution in [0.2, 0.25) is 0 Å². The maximum atomic E-state index is 7.27. The number of hydrogen-bond donors (Lipinski definition) is 0. The van der Waals surface area contributed by atoms with Gasteiger partial charge in [0.1, 0.15) is 11.5 Å². The van der Waals surface area contributed by atoms with E-state index in [0.717, 1.165) is 35.5 Å². The van der Waals surface area contributed by atoms with Crippen molar-refractivity contribution in [3.63, 3.8) is 0 Å². The molecule has 1 atom stereocenters. The van der Waals surface area contributed by atoms with E-state index < -0.39 is 5.60 Å². The van der Waals surface area contributed by atoms with Crippen molar-refractivity contribution in [1.82, 2.24) is 0 Å². The second kappa shape index (κ2) is 8.27. The highest BCUT2D eigenvalue weighted by molar-refractivity contribution is 6.13. The van der Waals surface area contributed by atoms with Crippen molar-refractivity contribution in [1.29, 1.82) is 0 Å². The minimum atomic E-state index is -0.720. The lowest BCUT2D eigenvalue weighted by Crippen LogP contribution is -2.34. The number of ether oxygens (including phenoxy) is 2. The molecule has 1 unspecified atom stereocenters. The summed E-state index contributed by atoms with van der Waals surface area (Å²) in [5.74, 6) is 1.84. The van der Waals surface area contributed by atoms with Crippen molar-refractivity contribution in [2.75, 3.05) is 7.11 Å². The first-order valence-electron chi connectivity index (χ1n) is 12.9. The van der Waals surface area contributed by atoms with E-state index in [1.165, 1.54) is 51.1 Å². The molecule has 0 radical (unpaired) electrons. The van der Waals surface area contributed by atoms with E-state index in [4.69, 9.17) is 9.47 Å². The van der Waals surface area contributed by atoms with Crippen LogP contribution in [0.15, 0.2) is 97.1 Å². The normalized spacial score (nSPS) is 18.5. The molecule has 0 saturated carbocycles. The van der Waals surface area contributed by atoms with E-state index in [1.807, 2.05) is 12.1 Å². The van der Waals surface area contributed by atoms with Gasteiger partial charge in [0, 0.05) is 22.1 Å². The van der Waals surface area contributed by atoms with Gasteiger partial charge in [0.05, 0.1) is 7.11 Å². The van der Waals surface area contributed by atoms with Crippen LogP contribution in [0.1, 0.15) is 40.7 Å². The summed E-state index contributed by atoms with van der Waals surface area (Å²) in [4.78, 5) is 0. The van der Waals surface area contributed by atoms with Crippen molar-refractivity contribution in [3.05, 3.63) is 125 Å². The van der Waals surface area contributed by atoms with Gasteiger partial charge in [-0.05, 0) is 77.2 Å². The number of hydrogen-bond acceptors (Lipinski definition) is 2. The van der Waals surface area contributed by atoms with E-state index in [9.17, 15) is 0 Å². The summed E-state index contributed by atoms with van der Waals surface area (Å²) in [5, 5.41) is 5.19. The van der Waals surface area contributed by atoms with Crippen molar-refractivity contribution in [2.24, 2.45) is 0 Å². The first-order valence-corrected chi connectivity index (χ1v) is 12.9. The van der Waals surface area contributed by atoms with Crippen LogP contribution in [0.25, 0.3) is 27.6 Å². The van der Waals surface area contributed by atoms with Crippen LogP contribution in [0.3, 0.4) is 0 Å². The molecule has 2 nitrogen and oxygen atoms in total. The molecule has 5 aromatic rings. The van der Waals surface area contributed by atoms with E-state index in [1.54, 1.807) is 7.11 Å². The van der Waals surface area contributed by atoms with Crippen LogP contribution >= 0.6 is 0 Å². The molecular weight excluding hydrogens is 440 g/mol. The lowest BCUT2D eigenvalue weighted by molar-refractivity contribution is 0.163.